The van der Waals surface area contributed by atoms with Gasteiger partial charge in [0.05, 0.1) is 11.9 Å². The Balaban J connectivity index is 2.35. The van der Waals surface area contributed by atoms with Crippen LogP contribution in [0.2, 0.25) is 0 Å². The molecule has 11 heavy (non-hydrogen) atoms. The molecule has 64 valence electrons. The van der Waals surface area contributed by atoms with Crippen molar-refractivity contribution in [3.05, 3.63) is 0 Å². The fourth-order valence-corrected chi connectivity index (χ4v) is 1.03. The fraction of sp³-hybridized carbons (Fsp3) is 0.889. The molecule has 0 saturated heterocycles. The van der Waals surface area contributed by atoms with Crippen LogP contribution in [-0.4, -0.2) is 11.9 Å². The van der Waals surface area contributed by atoms with Crippen LogP contribution in [0.4, 0.5) is 0 Å². The zero-order valence-corrected chi connectivity index (χ0v) is 7.72. The Bertz CT molecular complexity index is 161. The molecule has 2 nitrogen and oxygen atoms in total. The summed E-state index contributed by atoms with van der Waals surface area (Å²) in [5, 5.41) is 0. The van der Waals surface area contributed by atoms with Crippen LogP contribution in [0.5, 0.6) is 0 Å². The summed E-state index contributed by atoms with van der Waals surface area (Å²) in [4.78, 5) is 4.37. The average Bonchev–Trinajstić information content (AvgIpc) is 2.42. The molecule has 0 amide bonds. The number of hydrogen-bond donors (Lipinski definition) is 1. The lowest BCUT2D eigenvalue weighted by molar-refractivity contribution is 0.432. The zero-order valence-electron chi connectivity index (χ0n) is 7.72. The molecule has 1 rings (SSSR count). The summed E-state index contributed by atoms with van der Waals surface area (Å²) in [5.74, 6) is 0.833. The Hall–Kier alpha value is -0.530. The van der Waals surface area contributed by atoms with Crippen molar-refractivity contribution in [3.8, 4) is 0 Å². The first kappa shape index (κ1) is 8.57. The van der Waals surface area contributed by atoms with Crippen LogP contribution in [0.25, 0.3) is 0 Å². The summed E-state index contributed by atoms with van der Waals surface area (Å²) in [6, 6.07) is 0.567. The Kier molecular flexibility index (Phi) is 2.21. The molecule has 0 radical (unpaired) electrons. The maximum atomic E-state index is 5.75. The molecule has 2 heteroatoms. The van der Waals surface area contributed by atoms with Crippen LogP contribution >= 0.6 is 0 Å². The predicted octanol–water partition coefficient (Wildman–Crippen LogP) is 1.94. The summed E-state index contributed by atoms with van der Waals surface area (Å²) in [7, 11) is 0. The third-order valence-electron chi connectivity index (χ3n) is 1.61. The van der Waals surface area contributed by atoms with Gasteiger partial charge in [-0.15, -0.1) is 0 Å². The molecule has 0 spiro atoms. The number of aliphatic imine (C=N–C) groups is 1. The van der Waals surface area contributed by atoms with E-state index in [9.17, 15) is 0 Å². The van der Waals surface area contributed by atoms with E-state index in [1.165, 1.54) is 12.8 Å². The van der Waals surface area contributed by atoms with E-state index >= 15 is 0 Å². The highest BCUT2D eigenvalue weighted by Gasteiger charge is 2.21. The summed E-state index contributed by atoms with van der Waals surface area (Å²) in [5.41, 5.74) is 6.03. The van der Waals surface area contributed by atoms with Gasteiger partial charge in [0.2, 0.25) is 0 Å². The van der Waals surface area contributed by atoms with Gasteiger partial charge in [-0.25, -0.2) is 0 Å². The van der Waals surface area contributed by atoms with Crippen molar-refractivity contribution in [2.75, 3.05) is 0 Å². The number of amidine groups is 1. The van der Waals surface area contributed by atoms with Crippen LogP contribution in [0, 0.1) is 5.41 Å². The molecular formula is C9H18N2. The van der Waals surface area contributed by atoms with Gasteiger partial charge in [0.1, 0.15) is 0 Å². The number of nitrogens with two attached hydrogens (primary N) is 1. The molecule has 1 aliphatic carbocycles. The maximum Gasteiger partial charge on any atom is 0.0945 e. The minimum Gasteiger partial charge on any atom is -0.387 e. The average molecular weight is 154 g/mol. The highest BCUT2D eigenvalue weighted by Crippen LogP contribution is 2.25. The van der Waals surface area contributed by atoms with Crippen molar-refractivity contribution < 1.29 is 0 Å². The van der Waals surface area contributed by atoms with E-state index in [-0.39, 0.29) is 5.41 Å². The van der Waals surface area contributed by atoms with E-state index in [4.69, 9.17) is 5.73 Å². The fourth-order valence-electron chi connectivity index (χ4n) is 1.03. The highest BCUT2D eigenvalue weighted by atomic mass is 14.9. The minimum absolute atomic E-state index is 0.280. The second-order valence-electron chi connectivity index (χ2n) is 4.59. The lowest BCUT2D eigenvalue weighted by Crippen LogP contribution is -2.20. The molecule has 0 aromatic carbocycles. The molecular weight excluding hydrogens is 136 g/mol. The normalized spacial score (nSPS) is 20.5. The Labute approximate surface area is 68.9 Å². The van der Waals surface area contributed by atoms with Gasteiger partial charge >= 0.3 is 0 Å². The lowest BCUT2D eigenvalue weighted by atomic mass is 9.92. The molecule has 1 aliphatic rings. The first-order valence-electron chi connectivity index (χ1n) is 4.29. The van der Waals surface area contributed by atoms with Crippen LogP contribution in [-0.2, 0) is 0 Å². The molecule has 0 heterocycles. The second-order valence-corrected chi connectivity index (χ2v) is 4.59. The van der Waals surface area contributed by atoms with Gasteiger partial charge in [0, 0.05) is 6.42 Å². The molecule has 2 N–H and O–H groups in total. The Morgan fingerprint density at radius 3 is 2.36 bits per heavy atom. The second kappa shape index (κ2) is 2.84. The van der Waals surface area contributed by atoms with Crippen LogP contribution in [0.15, 0.2) is 4.99 Å². The summed E-state index contributed by atoms with van der Waals surface area (Å²) in [6.45, 7) is 6.55. The van der Waals surface area contributed by atoms with E-state index in [1.807, 2.05) is 0 Å². The molecule has 1 fully saturated rings. The van der Waals surface area contributed by atoms with Gasteiger partial charge < -0.3 is 5.73 Å². The standard InChI is InChI=1S/C9H18N2/c1-9(2,3)6-8(10)11-7-4-5-7/h7H,4-6H2,1-3H3,(H2,10,11). The molecule has 0 aromatic heterocycles. The summed E-state index contributed by atoms with van der Waals surface area (Å²) in [6.07, 6.45) is 3.40. The van der Waals surface area contributed by atoms with Gasteiger partial charge in [0.15, 0.2) is 0 Å². The number of nitrogens with zero attached hydrogens (tertiary/aromatic N) is 1. The summed E-state index contributed by atoms with van der Waals surface area (Å²) >= 11 is 0. The molecule has 0 aliphatic heterocycles. The molecule has 0 unspecified atom stereocenters. The van der Waals surface area contributed by atoms with Gasteiger partial charge in [-0.2, -0.15) is 0 Å². The van der Waals surface area contributed by atoms with Crippen molar-refractivity contribution in [1.29, 1.82) is 0 Å². The first-order valence-corrected chi connectivity index (χ1v) is 4.29. The summed E-state index contributed by atoms with van der Waals surface area (Å²) < 4.78 is 0. The largest absolute Gasteiger partial charge is 0.387 e. The van der Waals surface area contributed by atoms with Crippen molar-refractivity contribution >= 4 is 5.84 Å². The SMILES string of the molecule is CC(C)(C)CC(N)=NC1CC1. The third kappa shape index (κ3) is 4.02. The molecule has 1 saturated carbocycles. The maximum absolute atomic E-state index is 5.75. The van der Waals surface area contributed by atoms with Gasteiger partial charge in [-0.05, 0) is 18.3 Å². The smallest absolute Gasteiger partial charge is 0.0945 e. The first-order chi connectivity index (χ1) is 4.97. The van der Waals surface area contributed by atoms with Gasteiger partial charge in [0.25, 0.3) is 0 Å². The van der Waals surface area contributed by atoms with E-state index < -0.39 is 0 Å². The van der Waals surface area contributed by atoms with Crippen molar-refractivity contribution in [1.82, 2.24) is 0 Å². The third-order valence-corrected chi connectivity index (χ3v) is 1.61. The van der Waals surface area contributed by atoms with Crippen LogP contribution in [0.1, 0.15) is 40.0 Å². The highest BCUT2D eigenvalue weighted by molar-refractivity contribution is 5.81. The van der Waals surface area contributed by atoms with Crippen LogP contribution < -0.4 is 5.73 Å². The minimum atomic E-state index is 0.280. The molecule has 0 aromatic rings. The van der Waals surface area contributed by atoms with E-state index in [1.54, 1.807) is 0 Å². The van der Waals surface area contributed by atoms with Crippen molar-refractivity contribution in [2.24, 2.45) is 16.1 Å². The van der Waals surface area contributed by atoms with Crippen LogP contribution in [0.3, 0.4) is 0 Å². The van der Waals surface area contributed by atoms with E-state index in [2.05, 4.69) is 25.8 Å². The number of hydrogen-bond acceptors (Lipinski definition) is 1. The van der Waals surface area contributed by atoms with E-state index in [0.29, 0.717) is 6.04 Å². The molecule has 0 atom stereocenters. The number of rotatable bonds is 2. The van der Waals surface area contributed by atoms with Gasteiger partial charge in [-0.1, -0.05) is 20.8 Å². The Morgan fingerprint density at radius 1 is 1.45 bits per heavy atom. The predicted molar refractivity (Wildman–Crippen MR) is 48.7 cm³/mol. The lowest BCUT2D eigenvalue weighted by Gasteiger charge is -2.16. The monoisotopic (exact) mass is 154 g/mol. The van der Waals surface area contributed by atoms with Crippen molar-refractivity contribution in [2.45, 2.75) is 46.1 Å². The van der Waals surface area contributed by atoms with E-state index in [0.717, 1.165) is 12.3 Å². The molecule has 0 bridgehead atoms. The van der Waals surface area contributed by atoms with Gasteiger partial charge in [-0.3, -0.25) is 4.99 Å². The quantitative estimate of drug-likeness (QED) is 0.479. The van der Waals surface area contributed by atoms with Crippen molar-refractivity contribution in [3.63, 3.8) is 0 Å². The Morgan fingerprint density at radius 2 is 2.00 bits per heavy atom. The zero-order chi connectivity index (χ0) is 8.48. The topological polar surface area (TPSA) is 38.4 Å².